The van der Waals surface area contributed by atoms with Crippen LogP contribution in [0.3, 0.4) is 0 Å². The molecular weight excluding hydrogens is 432 g/mol. The Bertz CT molecular complexity index is 1560. The Hall–Kier alpha value is -4.19. The molecule has 0 amide bonds. The zero-order valence-corrected chi connectivity index (χ0v) is 19.4. The van der Waals surface area contributed by atoms with Crippen molar-refractivity contribution in [3.05, 3.63) is 84.4 Å². The van der Waals surface area contributed by atoms with Gasteiger partial charge < -0.3 is 4.57 Å². The largest absolute Gasteiger partial charge is 0.321 e. The SMILES string of the molecule is N=NC(=N)c1ccc2c(c1)nc(-c1ccc3nc(-c4ccccc4)ccc3c1)n2C1CCCCC1. The fraction of sp³-hybridized carbons (Fsp3) is 0.207. The molecule has 1 saturated carbocycles. The van der Waals surface area contributed by atoms with Crippen molar-refractivity contribution in [2.75, 3.05) is 0 Å². The number of aromatic nitrogens is 3. The second-order valence-corrected chi connectivity index (χ2v) is 9.23. The molecule has 6 heteroatoms. The van der Waals surface area contributed by atoms with Gasteiger partial charge in [0.15, 0.2) is 5.84 Å². The van der Waals surface area contributed by atoms with Crippen LogP contribution in [0.5, 0.6) is 0 Å². The molecular formula is C29H26N6. The van der Waals surface area contributed by atoms with Gasteiger partial charge in [-0.15, -0.1) is 5.11 Å². The van der Waals surface area contributed by atoms with Crippen molar-refractivity contribution in [3.63, 3.8) is 0 Å². The minimum atomic E-state index is -0.0494. The summed E-state index contributed by atoms with van der Waals surface area (Å²) in [5, 5.41) is 12.3. The van der Waals surface area contributed by atoms with E-state index in [2.05, 4.69) is 52.1 Å². The molecule has 3 aromatic carbocycles. The monoisotopic (exact) mass is 458 g/mol. The number of hydrogen-bond acceptors (Lipinski definition) is 4. The summed E-state index contributed by atoms with van der Waals surface area (Å²) in [6, 6.07) is 27.0. The van der Waals surface area contributed by atoms with E-state index in [1.54, 1.807) is 0 Å². The predicted octanol–water partition coefficient (Wildman–Crippen LogP) is 7.78. The van der Waals surface area contributed by atoms with Gasteiger partial charge in [-0.25, -0.2) is 15.5 Å². The van der Waals surface area contributed by atoms with Crippen LogP contribution in [0.15, 0.2) is 84.0 Å². The van der Waals surface area contributed by atoms with Gasteiger partial charge in [-0.1, -0.05) is 55.7 Å². The van der Waals surface area contributed by atoms with E-state index in [9.17, 15) is 0 Å². The first kappa shape index (κ1) is 21.4. The van der Waals surface area contributed by atoms with Crippen LogP contribution >= 0.6 is 0 Å². The van der Waals surface area contributed by atoms with Crippen molar-refractivity contribution >= 4 is 27.8 Å². The average Bonchev–Trinajstić information content (AvgIpc) is 3.32. The lowest BCUT2D eigenvalue weighted by atomic mass is 9.94. The van der Waals surface area contributed by atoms with Crippen molar-refractivity contribution in [2.45, 2.75) is 38.1 Å². The molecule has 0 radical (unpaired) electrons. The van der Waals surface area contributed by atoms with Crippen LogP contribution in [0.2, 0.25) is 0 Å². The van der Waals surface area contributed by atoms with E-state index >= 15 is 0 Å². The summed E-state index contributed by atoms with van der Waals surface area (Å²) in [6.07, 6.45) is 6.04. The molecule has 5 aromatic rings. The lowest BCUT2D eigenvalue weighted by molar-refractivity contribution is 0.362. The normalized spacial score (nSPS) is 14.4. The maximum absolute atomic E-state index is 7.95. The maximum atomic E-state index is 7.95. The second kappa shape index (κ2) is 8.87. The van der Waals surface area contributed by atoms with Gasteiger partial charge in [-0.2, -0.15) is 0 Å². The number of imidazole rings is 1. The summed E-state index contributed by atoms with van der Waals surface area (Å²) in [5.74, 6) is 0.902. The first-order valence-electron chi connectivity index (χ1n) is 12.2. The van der Waals surface area contributed by atoms with Crippen LogP contribution in [0, 0.1) is 10.9 Å². The topological polar surface area (TPSA) is 90.8 Å². The van der Waals surface area contributed by atoms with E-state index in [0.717, 1.165) is 57.4 Å². The van der Waals surface area contributed by atoms with Crippen LogP contribution in [0.4, 0.5) is 0 Å². The van der Waals surface area contributed by atoms with Gasteiger partial charge in [0, 0.05) is 28.1 Å². The van der Waals surface area contributed by atoms with Crippen molar-refractivity contribution in [1.82, 2.24) is 14.5 Å². The minimum Gasteiger partial charge on any atom is -0.321 e. The van der Waals surface area contributed by atoms with E-state index in [-0.39, 0.29) is 5.84 Å². The molecule has 0 aliphatic heterocycles. The van der Waals surface area contributed by atoms with Gasteiger partial charge in [-0.05, 0) is 55.3 Å². The zero-order chi connectivity index (χ0) is 23.8. The number of rotatable bonds is 4. The van der Waals surface area contributed by atoms with Gasteiger partial charge >= 0.3 is 0 Å². The van der Waals surface area contributed by atoms with Gasteiger partial charge in [-0.3, -0.25) is 5.41 Å². The Morgan fingerprint density at radius 1 is 0.800 bits per heavy atom. The standard InChI is InChI=1S/C29H26N6/c30-28(34-31)21-13-16-27-26(18-21)33-29(35(27)23-9-5-2-6-10-23)22-12-15-25-20(17-22)11-14-24(32-25)19-7-3-1-4-8-19/h1,3-4,7-8,11-18,23,30-31H,2,5-6,9-10H2. The summed E-state index contributed by atoms with van der Waals surface area (Å²) in [7, 11) is 0. The molecule has 0 atom stereocenters. The van der Waals surface area contributed by atoms with Gasteiger partial charge in [0.25, 0.3) is 0 Å². The number of nitrogens with zero attached hydrogens (tertiary/aromatic N) is 4. The molecule has 2 N–H and O–H groups in total. The summed E-state index contributed by atoms with van der Waals surface area (Å²) in [5.41, 5.74) is 13.8. The molecule has 172 valence electrons. The third-order valence-corrected chi connectivity index (χ3v) is 7.03. The number of nitrogens with one attached hydrogen (secondary N) is 2. The number of pyridine rings is 1. The predicted molar refractivity (Wildman–Crippen MR) is 140 cm³/mol. The molecule has 0 spiro atoms. The van der Waals surface area contributed by atoms with E-state index in [0.29, 0.717) is 11.6 Å². The Morgan fingerprint density at radius 3 is 2.43 bits per heavy atom. The molecule has 2 heterocycles. The third kappa shape index (κ3) is 3.91. The fourth-order valence-electron chi connectivity index (χ4n) is 5.26. The maximum Gasteiger partial charge on any atom is 0.173 e. The number of hydrogen-bond donors (Lipinski definition) is 2. The van der Waals surface area contributed by atoms with Crippen molar-refractivity contribution < 1.29 is 0 Å². The molecule has 35 heavy (non-hydrogen) atoms. The molecule has 2 aromatic heterocycles. The van der Waals surface area contributed by atoms with E-state index in [1.165, 1.54) is 19.3 Å². The van der Waals surface area contributed by atoms with E-state index in [1.807, 2.05) is 36.4 Å². The first-order valence-corrected chi connectivity index (χ1v) is 12.2. The van der Waals surface area contributed by atoms with Crippen molar-refractivity contribution in [3.8, 4) is 22.6 Å². The van der Waals surface area contributed by atoms with Gasteiger partial charge in [0.05, 0.1) is 22.2 Å². The number of amidine groups is 1. The summed E-state index contributed by atoms with van der Waals surface area (Å²) < 4.78 is 2.40. The molecule has 0 bridgehead atoms. The van der Waals surface area contributed by atoms with Crippen molar-refractivity contribution in [2.24, 2.45) is 5.11 Å². The molecule has 6 rings (SSSR count). The first-order chi connectivity index (χ1) is 17.2. The van der Waals surface area contributed by atoms with Crippen LogP contribution in [-0.2, 0) is 0 Å². The van der Waals surface area contributed by atoms with E-state index < -0.39 is 0 Å². The highest BCUT2D eigenvalue weighted by molar-refractivity contribution is 5.99. The minimum absolute atomic E-state index is 0.0494. The fourth-order valence-corrected chi connectivity index (χ4v) is 5.26. The average molecular weight is 459 g/mol. The lowest BCUT2D eigenvalue weighted by Crippen LogP contribution is -2.14. The quantitative estimate of drug-likeness (QED) is 0.163. The third-order valence-electron chi connectivity index (χ3n) is 7.03. The van der Waals surface area contributed by atoms with Crippen LogP contribution in [-0.4, -0.2) is 20.4 Å². The Morgan fingerprint density at radius 2 is 1.63 bits per heavy atom. The number of benzene rings is 3. The molecule has 1 aliphatic rings. The highest BCUT2D eigenvalue weighted by atomic mass is 15.1. The van der Waals surface area contributed by atoms with Crippen LogP contribution in [0.25, 0.3) is 44.6 Å². The molecule has 0 unspecified atom stereocenters. The Labute approximate surface area is 203 Å². The van der Waals surface area contributed by atoms with Crippen LogP contribution < -0.4 is 0 Å². The summed E-state index contributed by atoms with van der Waals surface area (Å²) >= 11 is 0. The zero-order valence-electron chi connectivity index (χ0n) is 19.4. The highest BCUT2D eigenvalue weighted by Crippen LogP contribution is 2.37. The summed E-state index contributed by atoms with van der Waals surface area (Å²) in [6.45, 7) is 0. The van der Waals surface area contributed by atoms with Crippen LogP contribution in [0.1, 0.15) is 43.7 Å². The molecule has 6 nitrogen and oxygen atoms in total. The molecule has 1 fully saturated rings. The lowest BCUT2D eigenvalue weighted by Gasteiger charge is -2.25. The second-order valence-electron chi connectivity index (χ2n) is 9.23. The Kier molecular flexibility index (Phi) is 5.41. The summed E-state index contributed by atoms with van der Waals surface area (Å²) in [4.78, 5) is 9.95. The molecule has 1 aliphatic carbocycles. The van der Waals surface area contributed by atoms with Gasteiger partial charge in [0.2, 0.25) is 0 Å². The smallest absolute Gasteiger partial charge is 0.173 e. The van der Waals surface area contributed by atoms with Crippen molar-refractivity contribution in [1.29, 1.82) is 10.9 Å². The Balaban J connectivity index is 1.48. The molecule has 0 saturated heterocycles. The van der Waals surface area contributed by atoms with E-state index in [4.69, 9.17) is 20.9 Å². The van der Waals surface area contributed by atoms with Gasteiger partial charge in [0.1, 0.15) is 5.82 Å². The highest BCUT2D eigenvalue weighted by Gasteiger charge is 2.23. The number of fused-ring (bicyclic) bond motifs is 2.